The van der Waals surface area contributed by atoms with Gasteiger partial charge in [-0.05, 0) is 54.7 Å². The Kier molecular flexibility index (Phi) is 8.93. The summed E-state index contributed by atoms with van der Waals surface area (Å²) in [4.78, 5) is 12.6. The fourth-order valence-electron chi connectivity index (χ4n) is 2.16. The molecule has 0 aliphatic rings. The maximum absolute atomic E-state index is 12.6. The van der Waals surface area contributed by atoms with Crippen LogP contribution in [0.4, 0.5) is 5.69 Å². The summed E-state index contributed by atoms with van der Waals surface area (Å²) in [6.45, 7) is 4.79. The second kappa shape index (κ2) is 11.4. The Labute approximate surface area is 178 Å². The predicted molar refractivity (Wildman–Crippen MR) is 117 cm³/mol. The third-order valence-corrected chi connectivity index (χ3v) is 4.14. The van der Waals surface area contributed by atoms with Gasteiger partial charge in [-0.1, -0.05) is 28.6 Å². The van der Waals surface area contributed by atoms with Gasteiger partial charge < -0.3 is 19.5 Å². The minimum absolute atomic E-state index is 0.174. The number of thiocarbonyl (C=S) groups is 1. The smallest absolute Gasteiger partial charge is 0.261 e. The van der Waals surface area contributed by atoms with Crippen LogP contribution >= 0.6 is 28.1 Å². The van der Waals surface area contributed by atoms with Crippen LogP contribution in [0.15, 0.2) is 59.6 Å². The molecule has 0 saturated heterocycles. The molecule has 6 nitrogen and oxygen atoms in total. The number of ether oxygens (including phenoxy) is 3. The molecule has 0 radical (unpaired) electrons. The van der Waals surface area contributed by atoms with Crippen LogP contribution in [-0.2, 0) is 4.74 Å². The van der Waals surface area contributed by atoms with E-state index in [-0.39, 0.29) is 11.0 Å². The van der Waals surface area contributed by atoms with Crippen molar-refractivity contribution in [3.8, 4) is 11.5 Å². The van der Waals surface area contributed by atoms with Crippen molar-refractivity contribution in [1.82, 2.24) is 5.32 Å². The van der Waals surface area contributed by atoms with Gasteiger partial charge in [0, 0.05) is 17.3 Å². The zero-order valence-corrected chi connectivity index (χ0v) is 17.8. The average Bonchev–Trinajstić information content (AvgIpc) is 2.68. The van der Waals surface area contributed by atoms with Crippen LogP contribution in [0.1, 0.15) is 10.4 Å². The summed E-state index contributed by atoms with van der Waals surface area (Å²) in [5.74, 6) is 0.786. The molecule has 0 fully saturated rings. The third kappa shape index (κ3) is 6.95. The van der Waals surface area contributed by atoms with Gasteiger partial charge in [-0.2, -0.15) is 0 Å². The van der Waals surface area contributed by atoms with Gasteiger partial charge in [-0.3, -0.25) is 10.1 Å². The standard InChI is InChI=1S/C20H21BrN2O4S/c1-3-10-26-16-7-5-15(6-8-16)22-20(28)23-19(24)17-13-14(21)4-9-18(17)27-12-11-25-2/h3-9,13H,1,10-12H2,2H3,(H2,22,23,24,28). The number of nitrogens with one attached hydrogen (secondary N) is 2. The normalized spacial score (nSPS) is 10.1. The number of anilines is 1. The highest BCUT2D eigenvalue weighted by Crippen LogP contribution is 2.23. The van der Waals surface area contributed by atoms with Crippen molar-refractivity contribution in [2.24, 2.45) is 0 Å². The summed E-state index contributed by atoms with van der Waals surface area (Å²) in [7, 11) is 1.58. The molecule has 2 N–H and O–H groups in total. The van der Waals surface area contributed by atoms with Crippen molar-refractivity contribution in [2.75, 3.05) is 32.2 Å². The van der Waals surface area contributed by atoms with E-state index >= 15 is 0 Å². The summed E-state index contributed by atoms with van der Waals surface area (Å²) in [6, 6.07) is 12.4. The van der Waals surface area contributed by atoms with E-state index in [0.717, 1.165) is 10.2 Å². The highest BCUT2D eigenvalue weighted by atomic mass is 79.9. The first-order valence-corrected chi connectivity index (χ1v) is 9.61. The first-order chi connectivity index (χ1) is 13.5. The van der Waals surface area contributed by atoms with Gasteiger partial charge in [0.05, 0.1) is 12.2 Å². The third-order valence-electron chi connectivity index (χ3n) is 3.44. The van der Waals surface area contributed by atoms with E-state index in [1.54, 1.807) is 55.7 Å². The van der Waals surface area contributed by atoms with Crippen molar-refractivity contribution in [1.29, 1.82) is 0 Å². The first-order valence-electron chi connectivity index (χ1n) is 8.41. The number of halogens is 1. The minimum atomic E-state index is -0.378. The maximum atomic E-state index is 12.6. The molecule has 2 aromatic rings. The lowest BCUT2D eigenvalue weighted by atomic mass is 10.2. The van der Waals surface area contributed by atoms with Crippen LogP contribution in [0.3, 0.4) is 0 Å². The van der Waals surface area contributed by atoms with E-state index in [1.807, 2.05) is 0 Å². The summed E-state index contributed by atoms with van der Waals surface area (Å²) < 4.78 is 16.8. The van der Waals surface area contributed by atoms with Crippen LogP contribution in [0.5, 0.6) is 11.5 Å². The zero-order chi connectivity index (χ0) is 20.4. The number of rotatable bonds is 9. The van der Waals surface area contributed by atoms with Crippen LogP contribution in [-0.4, -0.2) is 38.0 Å². The summed E-state index contributed by atoms with van der Waals surface area (Å²) in [5, 5.41) is 5.79. The molecule has 0 unspecified atom stereocenters. The van der Waals surface area contributed by atoms with E-state index in [9.17, 15) is 4.79 Å². The number of benzene rings is 2. The quantitative estimate of drug-likeness (QED) is 0.329. The fraction of sp³-hybridized carbons (Fsp3) is 0.200. The average molecular weight is 465 g/mol. The monoisotopic (exact) mass is 464 g/mol. The number of carbonyl (C=O) groups excluding carboxylic acids is 1. The van der Waals surface area contributed by atoms with Crippen LogP contribution < -0.4 is 20.1 Å². The molecule has 0 bridgehead atoms. The maximum Gasteiger partial charge on any atom is 0.261 e. The van der Waals surface area contributed by atoms with Gasteiger partial charge in [-0.15, -0.1) is 0 Å². The van der Waals surface area contributed by atoms with E-state index in [2.05, 4.69) is 33.1 Å². The Bertz CT molecular complexity index is 827. The molecule has 148 valence electrons. The van der Waals surface area contributed by atoms with Crippen molar-refractivity contribution in [3.63, 3.8) is 0 Å². The molecule has 8 heteroatoms. The largest absolute Gasteiger partial charge is 0.490 e. The molecule has 0 aliphatic heterocycles. The first kappa shape index (κ1) is 21.9. The SMILES string of the molecule is C=CCOc1ccc(NC(=S)NC(=O)c2cc(Br)ccc2OCCOC)cc1. The molecular formula is C20H21BrN2O4S. The lowest BCUT2D eigenvalue weighted by Gasteiger charge is -2.13. The molecule has 2 rings (SSSR count). The Balaban J connectivity index is 1.99. The lowest BCUT2D eigenvalue weighted by Crippen LogP contribution is -2.34. The minimum Gasteiger partial charge on any atom is -0.490 e. The molecular weight excluding hydrogens is 444 g/mol. The highest BCUT2D eigenvalue weighted by Gasteiger charge is 2.15. The lowest BCUT2D eigenvalue weighted by molar-refractivity contribution is 0.0969. The Morgan fingerprint density at radius 1 is 1.18 bits per heavy atom. The molecule has 0 saturated carbocycles. The molecule has 0 spiro atoms. The van der Waals surface area contributed by atoms with Gasteiger partial charge in [-0.25, -0.2) is 0 Å². The van der Waals surface area contributed by atoms with Gasteiger partial charge in [0.25, 0.3) is 5.91 Å². The molecule has 28 heavy (non-hydrogen) atoms. The summed E-state index contributed by atoms with van der Waals surface area (Å²) in [6.07, 6.45) is 1.67. The summed E-state index contributed by atoms with van der Waals surface area (Å²) >= 11 is 8.60. The van der Waals surface area contributed by atoms with Gasteiger partial charge in [0.2, 0.25) is 0 Å². The molecule has 0 aliphatic carbocycles. The second-order valence-corrected chi connectivity index (χ2v) is 6.84. The van der Waals surface area contributed by atoms with E-state index in [4.69, 9.17) is 26.4 Å². The molecule has 0 heterocycles. The van der Waals surface area contributed by atoms with Crippen molar-refractivity contribution < 1.29 is 19.0 Å². The number of methoxy groups -OCH3 is 1. The van der Waals surface area contributed by atoms with Crippen molar-refractivity contribution >= 4 is 44.9 Å². The van der Waals surface area contributed by atoms with Crippen molar-refractivity contribution in [2.45, 2.75) is 0 Å². The highest BCUT2D eigenvalue weighted by molar-refractivity contribution is 9.10. The van der Waals surface area contributed by atoms with Gasteiger partial charge >= 0.3 is 0 Å². The van der Waals surface area contributed by atoms with Gasteiger partial charge in [0.15, 0.2) is 5.11 Å². The number of hydrogen-bond donors (Lipinski definition) is 2. The number of hydrogen-bond acceptors (Lipinski definition) is 5. The Hall–Kier alpha value is -2.42. The number of carbonyl (C=O) groups is 1. The molecule has 0 atom stereocenters. The summed E-state index contributed by atoms with van der Waals surface area (Å²) in [5.41, 5.74) is 1.09. The fourth-order valence-corrected chi connectivity index (χ4v) is 2.73. The second-order valence-electron chi connectivity index (χ2n) is 5.51. The molecule has 0 aromatic heterocycles. The zero-order valence-electron chi connectivity index (χ0n) is 15.4. The van der Waals surface area contributed by atoms with E-state index < -0.39 is 0 Å². The predicted octanol–water partition coefficient (Wildman–Crippen LogP) is 4.17. The van der Waals surface area contributed by atoms with E-state index in [1.165, 1.54) is 0 Å². The van der Waals surface area contributed by atoms with Gasteiger partial charge in [0.1, 0.15) is 24.7 Å². The topological polar surface area (TPSA) is 68.8 Å². The number of amides is 1. The van der Waals surface area contributed by atoms with E-state index in [0.29, 0.717) is 36.9 Å². The van der Waals surface area contributed by atoms with Crippen LogP contribution in [0.2, 0.25) is 0 Å². The van der Waals surface area contributed by atoms with Crippen LogP contribution in [0.25, 0.3) is 0 Å². The Morgan fingerprint density at radius 3 is 2.61 bits per heavy atom. The van der Waals surface area contributed by atoms with Crippen molar-refractivity contribution in [3.05, 3.63) is 65.2 Å². The van der Waals surface area contributed by atoms with Crippen LogP contribution in [0, 0.1) is 0 Å². The molecule has 1 amide bonds. The molecule has 2 aromatic carbocycles. The Morgan fingerprint density at radius 2 is 1.93 bits per heavy atom.